The second-order valence-electron chi connectivity index (χ2n) is 3.87. The molecule has 0 nitrogen and oxygen atoms in total. The van der Waals surface area contributed by atoms with Gasteiger partial charge in [0.15, 0.2) is 0 Å². The van der Waals surface area contributed by atoms with Crippen molar-refractivity contribution in [1.29, 1.82) is 0 Å². The van der Waals surface area contributed by atoms with Crippen LogP contribution < -0.4 is 0 Å². The van der Waals surface area contributed by atoms with Crippen LogP contribution in [0.5, 0.6) is 0 Å². The van der Waals surface area contributed by atoms with Gasteiger partial charge in [0.1, 0.15) is 0 Å². The molecule has 0 aliphatic carbocycles. The molecule has 0 radical (unpaired) electrons. The minimum atomic E-state index is 0.298. The van der Waals surface area contributed by atoms with Gasteiger partial charge in [-0.2, -0.15) is 0 Å². The lowest BCUT2D eigenvalue weighted by molar-refractivity contribution is 0.439. The largest absolute Gasteiger partial charge is 0.0877 e. The highest BCUT2D eigenvalue weighted by atomic mass is 14.2. The van der Waals surface area contributed by atoms with Crippen LogP contribution in [0.3, 0.4) is 0 Å². The van der Waals surface area contributed by atoms with Gasteiger partial charge >= 0.3 is 0 Å². The average molecular weight is 178 g/mol. The summed E-state index contributed by atoms with van der Waals surface area (Å²) in [6, 6.07) is 0. The van der Waals surface area contributed by atoms with E-state index < -0.39 is 0 Å². The van der Waals surface area contributed by atoms with Crippen molar-refractivity contribution in [2.75, 3.05) is 0 Å². The third-order valence-electron chi connectivity index (χ3n) is 2.56. The van der Waals surface area contributed by atoms with Crippen LogP contribution in [0.15, 0.2) is 36.0 Å². The maximum Gasteiger partial charge on any atom is -0.0109 e. The zero-order valence-corrected chi connectivity index (χ0v) is 9.59. The summed E-state index contributed by atoms with van der Waals surface area (Å²) in [7, 11) is 0. The molecule has 0 amide bonds. The van der Waals surface area contributed by atoms with Gasteiger partial charge in [-0.3, -0.25) is 0 Å². The molecule has 0 unspecified atom stereocenters. The van der Waals surface area contributed by atoms with Crippen LogP contribution in [0.25, 0.3) is 0 Å². The van der Waals surface area contributed by atoms with Crippen molar-refractivity contribution in [2.45, 2.75) is 41.0 Å². The fourth-order valence-electron chi connectivity index (χ4n) is 1.19. The second-order valence-corrected chi connectivity index (χ2v) is 3.87. The molecule has 0 aromatic rings. The first-order valence-corrected chi connectivity index (χ1v) is 5.04. The summed E-state index contributed by atoms with van der Waals surface area (Å²) in [4.78, 5) is 0. The van der Waals surface area contributed by atoms with Crippen molar-refractivity contribution in [3.63, 3.8) is 0 Å². The van der Waals surface area contributed by atoms with Gasteiger partial charge in [-0.05, 0) is 31.3 Å². The van der Waals surface area contributed by atoms with Crippen LogP contribution in [0.1, 0.15) is 41.0 Å². The average Bonchev–Trinajstić information content (AvgIpc) is 2.12. The molecule has 0 aliphatic rings. The van der Waals surface area contributed by atoms with Crippen molar-refractivity contribution >= 4 is 0 Å². The van der Waals surface area contributed by atoms with Crippen LogP contribution in [0.4, 0.5) is 0 Å². The first kappa shape index (κ1) is 12.2. The number of hydrogen-bond acceptors (Lipinski definition) is 0. The van der Waals surface area contributed by atoms with Gasteiger partial charge in [0, 0.05) is 0 Å². The Bertz CT molecular complexity index is 214. The Morgan fingerprint density at radius 3 is 2.15 bits per heavy atom. The Morgan fingerprint density at radius 1 is 1.15 bits per heavy atom. The van der Waals surface area contributed by atoms with Crippen LogP contribution in [0, 0.1) is 5.41 Å². The predicted molar refractivity (Wildman–Crippen MR) is 61.8 cm³/mol. The normalized spacial score (nSPS) is 14.7. The number of hydrogen-bond donors (Lipinski definition) is 0. The monoisotopic (exact) mass is 178 g/mol. The molecule has 0 aliphatic heterocycles. The van der Waals surface area contributed by atoms with Gasteiger partial charge < -0.3 is 0 Å². The van der Waals surface area contributed by atoms with Crippen LogP contribution in [0.2, 0.25) is 0 Å². The summed E-state index contributed by atoms with van der Waals surface area (Å²) in [5.41, 5.74) is 1.71. The van der Waals surface area contributed by atoms with Crippen molar-refractivity contribution in [1.82, 2.24) is 0 Å². The summed E-state index contributed by atoms with van der Waals surface area (Å²) in [5.74, 6) is 0. The third-order valence-corrected chi connectivity index (χ3v) is 2.56. The lowest BCUT2D eigenvalue weighted by Gasteiger charge is -2.24. The first-order chi connectivity index (χ1) is 6.08. The number of rotatable bonds is 4. The molecular formula is C13H22. The smallest absolute Gasteiger partial charge is 0.0109 e. The molecule has 0 fully saturated rings. The lowest BCUT2D eigenvalue weighted by atomic mass is 9.81. The van der Waals surface area contributed by atoms with Gasteiger partial charge in [-0.1, -0.05) is 51.2 Å². The fraction of sp³-hybridized carbons (Fsp3) is 0.538. The Morgan fingerprint density at radius 2 is 1.77 bits per heavy atom. The Kier molecular flexibility index (Phi) is 5.45. The van der Waals surface area contributed by atoms with E-state index in [0.29, 0.717) is 5.41 Å². The minimum absolute atomic E-state index is 0.298. The SMILES string of the molecule is C\C=C/C=C\C(=C/C)C(C)(C)CC. The zero-order chi connectivity index (χ0) is 10.3. The van der Waals surface area contributed by atoms with Gasteiger partial charge in [0.25, 0.3) is 0 Å². The highest BCUT2D eigenvalue weighted by Crippen LogP contribution is 2.30. The first-order valence-electron chi connectivity index (χ1n) is 5.04. The van der Waals surface area contributed by atoms with Crippen LogP contribution in [-0.2, 0) is 0 Å². The predicted octanol–water partition coefficient (Wildman–Crippen LogP) is 4.50. The van der Waals surface area contributed by atoms with E-state index in [0.717, 1.165) is 0 Å². The number of allylic oxidation sites excluding steroid dienone is 6. The van der Waals surface area contributed by atoms with E-state index in [9.17, 15) is 0 Å². The highest BCUT2D eigenvalue weighted by Gasteiger charge is 2.17. The van der Waals surface area contributed by atoms with E-state index >= 15 is 0 Å². The second kappa shape index (κ2) is 5.80. The lowest BCUT2D eigenvalue weighted by Crippen LogP contribution is -2.11. The van der Waals surface area contributed by atoms with Gasteiger partial charge in [-0.25, -0.2) is 0 Å². The summed E-state index contributed by atoms with van der Waals surface area (Å²) in [6.07, 6.45) is 11.8. The zero-order valence-electron chi connectivity index (χ0n) is 9.59. The van der Waals surface area contributed by atoms with E-state index in [1.807, 2.05) is 13.0 Å². The molecule has 0 bridgehead atoms. The summed E-state index contributed by atoms with van der Waals surface area (Å²) in [6.45, 7) is 10.9. The molecule has 0 spiro atoms. The highest BCUT2D eigenvalue weighted by molar-refractivity contribution is 5.27. The molecule has 0 saturated carbocycles. The van der Waals surface area contributed by atoms with Crippen molar-refractivity contribution < 1.29 is 0 Å². The Balaban J connectivity index is 4.55. The molecule has 0 saturated heterocycles. The van der Waals surface area contributed by atoms with E-state index in [1.54, 1.807) is 0 Å². The molecule has 74 valence electrons. The van der Waals surface area contributed by atoms with E-state index in [1.165, 1.54) is 12.0 Å². The minimum Gasteiger partial charge on any atom is -0.0877 e. The maximum atomic E-state index is 2.28. The van der Waals surface area contributed by atoms with Crippen molar-refractivity contribution in [3.05, 3.63) is 36.0 Å². The molecule has 0 heteroatoms. The van der Waals surface area contributed by atoms with Crippen molar-refractivity contribution in [3.8, 4) is 0 Å². The molecule has 0 heterocycles. The molecular weight excluding hydrogens is 156 g/mol. The van der Waals surface area contributed by atoms with Crippen LogP contribution >= 0.6 is 0 Å². The van der Waals surface area contributed by atoms with Crippen LogP contribution in [-0.4, -0.2) is 0 Å². The summed E-state index contributed by atoms with van der Waals surface area (Å²) in [5, 5.41) is 0. The molecule has 0 aromatic heterocycles. The third kappa shape index (κ3) is 4.12. The molecule has 0 aromatic carbocycles. The van der Waals surface area contributed by atoms with Gasteiger partial charge in [-0.15, -0.1) is 0 Å². The quantitative estimate of drug-likeness (QED) is 0.556. The van der Waals surface area contributed by atoms with Gasteiger partial charge in [0.05, 0.1) is 0 Å². The molecule has 0 N–H and O–H groups in total. The molecule has 13 heavy (non-hydrogen) atoms. The fourth-order valence-corrected chi connectivity index (χ4v) is 1.19. The maximum absolute atomic E-state index is 2.28. The van der Waals surface area contributed by atoms with E-state index in [-0.39, 0.29) is 0 Å². The Labute approximate surface area is 83.0 Å². The van der Waals surface area contributed by atoms with E-state index in [4.69, 9.17) is 0 Å². The van der Waals surface area contributed by atoms with E-state index in [2.05, 4.69) is 52.0 Å². The van der Waals surface area contributed by atoms with Crippen molar-refractivity contribution in [2.24, 2.45) is 5.41 Å². The standard InChI is InChI=1S/C13H22/c1-6-9-10-11-12(7-2)13(4,5)8-3/h6-7,9-11H,8H2,1-5H3/b9-6-,11-10-,12-7+. The summed E-state index contributed by atoms with van der Waals surface area (Å²) >= 11 is 0. The topological polar surface area (TPSA) is 0 Å². The Hall–Kier alpha value is -0.780. The van der Waals surface area contributed by atoms with Gasteiger partial charge in [0.2, 0.25) is 0 Å². The molecule has 0 atom stereocenters. The molecule has 0 rings (SSSR count). The summed E-state index contributed by atoms with van der Waals surface area (Å²) < 4.78 is 0.